The number of benzene rings is 2. The number of nitrogens with one attached hydrogen (secondary N) is 2. The van der Waals surface area contributed by atoms with Gasteiger partial charge in [-0.1, -0.05) is 42.5 Å². The molecule has 2 atom stereocenters. The number of rotatable bonds is 8. The Morgan fingerprint density at radius 1 is 1.12 bits per heavy atom. The van der Waals surface area contributed by atoms with E-state index in [1.165, 1.54) is 5.56 Å². The standard InChI is InChI=1S/C20H26N2O3/c1-15(8-9-16-6-4-3-5-7-16)22-20(24)21-14-19(23)17-10-12-18(25-2)13-11-17/h3-7,10-13,15,19,23H,8-9,14H2,1-2H3,(H2,21,22,24). The van der Waals surface area contributed by atoms with Gasteiger partial charge in [0.15, 0.2) is 0 Å². The molecular formula is C20H26N2O3. The van der Waals surface area contributed by atoms with Crippen LogP contribution in [0.4, 0.5) is 4.79 Å². The first-order chi connectivity index (χ1) is 12.1. The van der Waals surface area contributed by atoms with Crippen molar-refractivity contribution >= 4 is 6.03 Å². The molecular weight excluding hydrogens is 316 g/mol. The minimum atomic E-state index is -0.753. The van der Waals surface area contributed by atoms with Gasteiger partial charge in [-0.2, -0.15) is 0 Å². The van der Waals surface area contributed by atoms with Gasteiger partial charge in [-0.15, -0.1) is 0 Å². The van der Waals surface area contributed by atoms with E-state index in [2.05, 4.69) is 22.8 Å². The van der Waals surface area contributed by atoms with Crippen molar-refractivity contribution in [2.24, 2.45) is 0 Å². The Balaban J connectivity index is 1.70. The molecule has 25 heavy (non-hydrogen) atoms. The first-order valence-electron chi connectivity index (χ1n) is 8.49. The second-order valence-corrected chi connectivity index (χ2v) is 6.07. The molecule has 0 aliphatic rings. The molecule has 0 saturated heterocycles. The van der Waals surface area contributed by atoms with Crippen molar-refractivity contribution in [3.05, 3.63) is 65.7 Å². The molecule has 0 aromatic heterocycles. The van der Waals surface area contributed by atoms with E-state index in [1.807, 2.05) is 25.1 Å². The highest BCUT2D eigenvalue weighted by Gasteiger charge is 2.11. The molecule has 0 aliphatic heterocycles. The van der Waals surface area contributed by atoms with Gasteiger partial charge in [-0.05, 0) is 43.0 Å². The van der Waals surface area contributed by atoms with Crippen molar-refractivity contribution in [2.75, 3.05) is 13.7 Å². The number of amides is 2. The zero-order valence-corrected chi connectivity index (χ0v) is 14.7. The molecule has 0 heterocycles. The van der Waals surface area contributed by atoms with Gasteiger partial charge < -0.3 is 20.5 Å². The second kappa shape index (κ2) is 9.69. The lowest BCUT2D eigenvalue weighted by Crippen LogP contribution is -2.42. The van der Waals surface area contributed by atoms with Gasteiger partial charge in [0, 0.05) is 12.6 Å². The van der Waals surface area contributed by atoms with Gasteiger partial charge in [0.1, 0.15) is 5.75 Å². The first-order valence-corrected chi connectivity index (χ1v) is 8.49. The van der Waals surface area contributed by atoms with Crippen molar-refractivity contribution < 1.29 is 14.6 Å². The van der Waals surface area contributed by atoms with Crippen LogP contribution in [0.15, 0.2) is 54.6 Å². The molecule has 134 valence electrons. The highest BCUT2D eigenvalue weighted by Crippen LogP contribution is 2.16. The number of carbonyl (C=O) groups is 1. The van der Waals surface area contributed by atoms with E-state index in [0.29, 0.717) is 0 Å². The molecule has 0 aliphatic carbocycles. The number of hydrogen-bond donors (Lipinski definition) is 3. The Morgan fingerprint density at radius 3 is 2.44 bits per heavy atom. The van der Waals surface area contributed by atoms with Crippen molar-refractivity contribution in [1.29, 1.82) is 0 Å². The van der Waals surface area contributed by atoms with Gasteiger partial charge in [-0.3, -0.25) is 0 Å². The van der Waals surface area contributed by atoms with E-state index in [9.17, 15) is 9.90 Å². The molecule has 2 amide bonds. The fourth-order valence-corrected chi connectivity index (χ4v) is 2.51. The maximum Gasteiger partial charge on any atom is 0.315 e. The van der Waals surface area contributed by atoms with Crippen LogP contribution in [0.1, 0.15) is 30.6 Å². The van der Waals surface area contributed by atoms with Crippen LogP contribution in [-0.4, -0.2) is 30.8 Å². The molecule has 2 aromatic rings. The molecule has 2 rings (SSSR count). The lowest BCUT2D eigenvalue weighted by molar-refractivity contribution is 0.172. The van der Waals surface area contributed by atoms with Crippen molar-refractivity contribution in [1.82, 2.24) is 10.6 Å². The number of aryl methyl sites for hydroxylation is 1. The predicted octanol–water partition coefficient (Wildman–Crippen LogP) is 3.05. The van der Waals surface area contributed by atoms with Crippen molar-refractivity contribution in [3.8, 4) is 5.75 Å². The van der Waals surface area contributed by atoms with Gasteiger partial charge in [-0.25, -0.2) is 4.79 Å². The van der Waals surface area contributed by atoms with Crippen LogP contribution in [0.3, 0.4) is 0 Å². The third-order valence-electron chi connectivity index (χ3n) is 4.04. The van der Waals surface area contributed by atoms with Crippen LogP contribution < -0.4 is 15.4 Å². The molecule has 0 fully saturated rings. The van der Waals surface area contributed by atoms with Crippen LogP contribution in [0, 0.1) is 0 Å². The topological polar surface area (TPSA) is 70.6 Å². The Bertz CT molecular complexity index is 644. The fourth-order valence-electron chi connectivity index (χ4n) is 2.51. The summed E-state index contributed by atoms with van der Waals surface area (Å²) in [6.07, 6.45) is 1.02. The summed E-state index contributed by atoms with van der Waals surface area (Å²) in [4.78, 5) is 11.9. The smallest absolute Gasteiger partial charge is 0.315 e. The average Bonchev–Trinajstić information content (AvgIpc) is 2.65. The SMILES string of the molecule is COc1ccc(C(O)CNC(=O)NC(C)CCc2ccccc2)cc1. The van der Waals surface area contributed by atoms with Gasteiger partial charge >= 0.3 is 6.03 Å². The molecule has 2 aromatic carbocycles. The lowest BCUT2D eigenvalue weighted by Gasteiger charge is -2.17. The van der Waals surface area contributed by atoms with Crippen molar-refractivity contribution in [2.45, 2.75) is 31.9 Å². The van der Waals surface area contributed by atoms with Crippen molar-refractivity contribution in [3.63, 3.8) is 0 Å². The maximum atomic E-state index is 11.9. The predicted molar refractivity (Wildman–Crippen MR) is 98.7 cm³/mol. The average molecular weight is 342 g/mol. The molecule has 0 bridgehead atoms. The second-order valence-electron chi connectivity index (χ2n) is 6.07. The quantitative estimate of drug-likeness (QED) is 0.690. The van der Waals surface area contributed by atoms with Crippen LogP contribution in [-0.2, 0) is 6.42 Å². The molecule has 2 unspecified atom stereocenters. The van der Waals surface area contributed by atoms with E-state index >= 15 is 0 Å². The molecule has 0 spiro atoms. The monoisotopic (exact) mass is 342 g/mol. The third-order valence-corrected chi connectivity index (χ3v) is 4.04. The van der Waals surface area contributed by atoms with E-state index in [0.717, 1.165) is 24.2 Å². The number of methoxy groups -OCH3 is 1. The van der Waals surface area contributed by atoms with Crippen LogP contribution in [0.5, 0.6) is 5.75 Å². The highest BCUT2D eigenvalue weighted by molar-refractivity contribution is 5.74. The Kier molecular flexibility index (Phi) is 7.29. The Morgan fingerprint density at radius 2 is 1.80 bits per heavy atom. The number of carbonyl (C=O) groups excluding carboxylic acids is 1. The van der Waals surface area contributed by atoms with E-state index in [4.69, 9.17) is 4.74 Å². The summed E-state index contributed by atoms with van der Waals surface area (Å²) in [5.74, 6) is 0.730. The first kappa shape index (κ1) is 18.8. The molecule has 0 radical (unpaired) electrons. The Labute approximate surface area is 149 Å². The zero-order valence-electron chi connectivity index (χ0n) is 14.7. The molecule has 0 saturated carbocycles. The van der Waals surface area contributed by atoms with Crippen LogP contribution in [0.25, 0.3) is 0 Å². The fraction of sp³-hybridized carbons (Fsp3) is 0.350. The molecule has 5 nitrogen and oxygen atoms in total. The summed E-state index contributed by atoms with van der Waals surface area (Å²) in [5, 5.41) is 15.7. The summed E-state index contributed by atoms with van der Waals surface area (Å²) < 4.78 is 5.08. The van der Waals surface area contributed by atoms with E-state index in [1.54, 1.807) is 31.4 Å². The summed E-state index contributed by atoms with van der Waals surface area (Å²) in [5.41, 5.74) is 1.99. The van der Waals surface area contributed by atoms with E-state index < -0.39 is 6.10 Å². The summed E-state index contributed by atoms with van der Waals surface area (Å²) in [7, 11) is 1.59. The number of aliphatic hydroxyl groups excluding tert-OH is 1. The van der Waals surface area contributed by atoms with Crippen LogP contribution >= 0.6 is 0 Å². The number of ether oxygens (including phenoxy) is 1. The summed E-state index contributed by atoms with van der Waals surface area (Å²) in [6.45, 7) is 2.13. The zero-order chi connectivity index (χ0) is 18.1. The normalized spacial score (nSPS) is 12.9. The minimum Gasteiger partial charge on any atom is -0.497 e. The molecule has 5 heteroatoms. The number of aliphatic hydroxyl groups is 1. The highest BCUT2D eigenvalue weighted by atomic mass is 16.5. The largest absolute Gasteiger partial charge is 0.497 e. The minimum absolute atomic E-state index is 0.0540. The van der Waals surface area contributed by atoms with Gasteiger partial charge in [0.2, 0.25) is 0 Å². The maximum absolute atomic E-state index is 11.9. The molecule has 3 N–H and O–H groups in total. The summed E-state index contributed by atoms with van der Waals surface area (Å²) in [6, 6.07) is 17.1. The van der Waals surface area contributed by atoms with E-state index in [-0.39, 0.29) is 18.6 Å². The number of hydrogen-bond acceptors (Lipinski definition) is 3. The number of urea groups is 1. The Hall–Kier alpha value is -2.53. The van der Waals surface area contributed by atoms with Gasteiger partial charge in [0.05, 0.1) is 13.2 Å². The third kappa shape index (κ3) is 6.47. The van der Waals surface area contributed by atoms with Gasteiger partial charge in [0.25, 0.3) is 0 Å². The lowest BCUT2D eigenvalue weighted by atomic mass is 10.1. The van der Waals surface area contributed by atoms with Crippen LogP contribution in [0.2, 0.25) is 0 Å². The summed E-state index contributed by atoms with van der Waals surface area (Å²) >= 11 is 0.